The van der Waals surface area contributed by atoms with Crippen LogP contribution in [-0.2, 0) is 9.59 Å². The van der Waals surface area contributed by atoms with Crippen molar-refractivity contribution in [1.29, 1.82) is 0 Å². The second-order valence-electron chi connectivity index (χ2n) is 3.93. The van der Waals surface area contributed by atoms with Crippen LogP contribution in [0.1, 0.15) is 11.1 Å². The number of para-hydroxylation sites is 2. The summed E-state index contributed by atoms with van der Waals surface area (Å²) in [4.78, 5) is 26.5. The van der Waals surface area contributed by atoms with Crippen molar-refractivity contribution >= 4 is 35.7 Å². The van der Waals surface area contributed by atoms with Gasteiger partial charge in [-0.3, -0.25) is 0 Å². The van der Waals surface area contributed by atoms with E-state index < -0.39 is 0 Å². The van der Waals surface area contributed by atoms with E-state index in [2.05, 4.69) is 23.1 Å². The molecule has 0 aromatic heterocycles. The molecule has 22 heavy (non-hydrogen) atoms. The van der Waals surface area contributed by atoms with Gasteiger partial charge < -0.3 is 0 Å². The van der Waals surface area contributed by atoms with Gasteiger partial charge in [0, 0.05) is 0 Å². The van der Waals surface area contributed by atoms with Gasteiger partial charge in [-0.25, -0.2) is 9.59 Å². The molecule has 2 rings (SSSR count). The largest absolute Gasteiger partial charge is 0.240 e. The Hall–Kier alpha value is -3.32. The van der Waals surface area contributed by atoms with Crippen LogP contribution in [-0.4, -0.2) is 12.2 Å². The zero-order valence-electron chi connectivity index (χ0n) is 11.9. The molecule has 2 aromatic carbocycles. The lowest BCUT2D eigenvalue weighted by Crippen LogP contribution is -1.76. The Kier molecular flexibility index (Phi) is 7.27. The monoisotopic (exact) mass is 290 g/mol. The van der Waals surface area contributed by atoms with Crippen LogP contribution in [0.5, 0.6) is 0 Å². The standard InChI is InChI=1S/C10H10.C8H4N2O2/c1-3-9-7-5-6-8-10(9)4-2;11-5-9-7-3-1-2-4-8(7)10-6-12/h3-8H,1-2H2;1-4H. The first-order valence-corrected chi connectivity index (χ1v) is 6.35. The highest BCUT2D eigenvalue weighted by atomic mass is 16.1. The van der Waals surface area contributed by atoms with Crippen molar-refractivity contribution in [2.45, 2.75) is 0 Å². The molecule has 0 N–H and O–H groups in total. The molecule has 0 saturated carbocycles. The molecule has 0 aliphatic carbocycles. The summed E-state index contributed by atoms with van der Waals surface area (Å²) in [5.41, 5.74) is 2.90. The Bertz CT molecular complexity index is 689. The molecule has 4 heteroatoms. The van der Waals surface area contributed by atoms with Crippen LogP contribution >= 0.6 is 0 Å². The highest BCUT2D eigenvalue weighted by Crippen LogP contribution is 2.25. The summed E-state index contributed by atoms with van der Waals surface area (Å²) in [7, 11) is 0. The van der Waals surface area contributed by atoms with Gasteiger partial charge in [0.05, 0.1) is 0 Å². The van der Waals surface area contributed by atoms with E-state index in [4.69, 9.17) is 0 Å². The first kappa shape index (κ1) is 16.7. The summed E-state index contributed by atoms with van der Waals surface area (Å²) in [6.07, 6.45) is 6.40. The molecule has 0 heterocycles. The van der Waals surface area contributed by atoms with Crippen LogP contribution in [0, 0.1) is 0 Å². The number of carbonyl (C=O) groups excluding carboxylic acids is 2. The number of aliphatic imine (C=N–C) groups is 2. The molecule has 108 valence electrons. The Morgan fingerprint density at radius 3 is 1.41 bits per heavy atom. The molecule has 2 aromatic rings. The van der Waals surface area contributed by atoms with Gasteiger partial charge in [-0.2, -0.15) is 9.98 Å². The normalized spacial score (nSPS) is 8.36. The van der Waals surface area contributed by atoms with Crippen molar-refractivity contribution in [2.24, 2.45) is 9.98 Å². The minimum Gasteiger partial charge on any atom is -0.211 e. The molecule has 0 atom stereocenters. The van der Waals surface area contributed by atoms with Crippen molar-refractivity contribution < 1.29 is 9.59 Å². The summed E-state index contributed by atoms with van der Waals surface area (Å²) in [6.45, 7) is 7.38. The molecule has 0 radical (unpaired) electrons. The molecule has 4 nitrogen and oxygen atoms in total. The number of hydrogen-bond donors (Lipinski definition) is 0. The van der Waals surface area contributed by atoms with Crippen LogP contribution in [0.3, 0.4) is 0 Å². The van der Waals surface area contributed by atoms with E-state index in [1.807, 2.05) is 36.4 Å². The minimum absolute atomic E-state index is 0.316. The second kappa shape index (κ2) is 9.56. The number of rotatable bonds is 4. The number of isocyanates is 2. The highest BCUT2D eigenvalue weighted by Gasteiger charge is 1.96. The van der Waals surface area contributed by atoms with Crippen LogP contribution in [0.2, 0.25) is 0 Å². The Balaban J connectivity index is 0.000000224. The van der Waals surface area contributed by atoms with Crippen molar-refractivity contribution in [3.05, 3.63) is 72.8 Å². The molecule has 0 bridgehead atoms. The van der Waals surface area contributed by atoms with Gasteiger partial charge in [0.1, 0.15) is 11.4 Å². The van der Waals surface area contributed by atoms with Gasteiger partial charge >= 0.3 is 0 Å². The third-order valence-corrected chi connectivity index (χ3v) is 2.65. The first-order valence-electron chi connectivity index (χ1n) is 6.35. The van der Waals surface area contributed by atoms with Crippen LogP contribution < -0.4 is 0 Å². The summed E-state index contributed by atoms with van der Waals surface area (Å²) in [5.74, 6) is 0. The van der Waals surface area contributed by atoms with Crippen LogP contribution in [0.4, 0.5) is 11.4 Å². The van der Waals surface area contributed by atoms with Gasteiger partial charge in [-0.1, -0.05) is 61.7 Å². The lowest BCUT2D eigenvalue weighted by Gasteiger charge is -1.96. The van der Waals surface area contributed by atoms with Crippen molar-refractivity contribution in [3.63, 3.8) is 0 Å². The van der Waals surface area contributed by atoms with Crippen LogP contribution in [0.25, 0.3) is 12.2 Å². The maximum absolute atomic E-state index is 9.90. The van der Waals surface area contributed by atoms with E-state index in [1.165, 1.54) is 12.2 Å². The Morgan fingerprint density at radius 1 is 0.727 bits per heavy atom. The summed E-state index contributed by atoms with van der Waals surface area (Å²) in [5, 5.41) is 0. The van der Waals surface area contributed by atoms with Crippen molar-refractivity contribution in [2.75, 3.05) is 0 Å². The van der Waals surface area contributed by atoms with E-state index in [1.54, 1.807) is 24.3 Å². The number of hydrogen-bond acceptors (Lipinski definition) is 4. The van der Waals surface area contributed by atoms with Crippen molar-refractivity contribution in [3.8, 4) is 0 Å². The number of nitrogens with zero attached hydrogens (tertiary/aromatic N) is 2. The second-order valence-corrected chi connectivity index (χ2v) is 3.93. The third-order valence-electron chi connectivity index (χ3n) is 2.65. The minimum atomic E-state index is 0.316. The first-order chi connectivity index (χ1) is 10.8. The van der Waals surface area contributed by atoms with Crippen molar-refractivity contribution in [1.82, 2.24) is 0 Å². The SMILES string of the molecule is C=Cc1ccccc1C=C.O=C=Nc1ccccc1N=C=O. The zero-order valence-corrected chi connectivity index (χ0v) is 11.9. The fourth-order valence-electron chi connectivity index (χ4n) is 1.63. The van der Waals surface area contributed by atoms with E-state index >= 15 is 0 Å². The zero-order chi connectivity index (χ0) is 16.2. The Morgan fingerprint density at radius 2 is 1.09 bits per heavy atom. The lowest BCUT2D eigenvalue weighted by atomic mass is 10.1. The molecule has 0 unspecified atom stereocenters. The summed E-state index contributed by atoms with van der Waals surface area (Å²) >= 11 is 0. The van der Waals surface area contributed by atoms with E-state index in [9.17, 15) is 9.59 Å². The van der Waals surface area contributed by atoms with E-state index in [0.717, 1.165) is 11.1 Å². The summed E-state index contributed by atoms with van der Waals surface area (Å²) < 4.78 is 0. The molecule has 0 aliphatic heterocycles. The van der Waals surface area contributed by atoms with E-state index in [-0.39, 0.29) is 0 Å². The lowest BCUT2D eigenvalue weighted by molar-refractivity contribution is 0.564. The van der Waals surface area contributed by atoms with Gasteiger partial charge in [0.15, 0.2) is 0 Å². The molecule has 0 fully saturated rings. The fourth-order valence-corrected chi connectivity index (χ4v) is 1.63. The van der Waals surface area contributed by atoms with E-state index in [0.29, 0.717) is 11.4 Å². The van der Waals surface area contributed by atoms with Crippen LogP contribution in [0.15, 0.2) is 71.7 Å². The maximum atomic E-state index is 9.90. The summed E-state index contributed by atoms with van der Waals surface area (Å²) in [6, 6.07) is 14.5. The van der Waals surface area contributed by atoms with Gasteiger partial charge in [-0.05, 0) is 23.3 Å². The van der Waals surface area contributed by atoms with Gasteiger partial charge in [0.25, 0.3) is 0 Å². The number of benzene rings is 2. The smallest absolute Gasteiger partial charge is 0.211 e. The average molecular weight is 290 g/mol. The topological polar surface area (TPSA) is 58.9 Å². The quantitative estimate of drug-likeness (QED) is 0.610. The van der Waals surface area contributed by atoms with Gasteiger partial charge in [-0.15, -0.1) is 0 Å². The third kappa shape index (κ3) is 4.99. The average Bonchev–Trinajstić information content (AvgIpc) is 2.57. The molecular weight excluding hydrogens is 276 g/mol. The maximum Gasteiger partial charge on any atom is 0.240 e. The highest BCUT2D eigenvalue weighted by molar-refractivity contribution is 5.67. The molecular formula is C18H14N2O2. The predicted octanol–water partition coefficient (Wildman–Crippen LogP) is 4.59. The molecule has 0 saturated heterocycles. The fraction of sp³-hybridized carbons (Fsp3) is 0. The predicted molar refractivity (Wildman–Crippen MR) is 88.6 cm³/mol. The molecule has 0 spiro atoms. The molecule has 0 amide bonds. The Labute approximate surface area is 128 Å². The molecule has 0 aliphatic rings. The van der Waals surface area contributed by atoms with Gasteiger partial charge in [0.2, 0.25) is 12.2 Å².